The van der Waals surface area contributed by atoms with Crippen molar-refractivity contribution in [1.82, 2.24) is 15.7 Å². The van der Waals surface area contributed by atoms with E-state index >= 15 is 0 Å². The molecule has 7 heteroatoms. The maximum Gasteiger partial charge on any atom is 0.324 e. The Hall–Kier alpha value is -3.45. The van der Waals surface area contributed by atoms with Gasteiger partial charge in [0.1, 0.15) is 0 Å². The lowest BCUT2D eigenvalue weighted by molar-refractivity contribution is -0.124. The molecule has 3 N–H and O–H groups in total. The fourth-order valence-corrected chi connectivity index (χ4v) is 3.45. The van der Waals surface area contributed by atoms with E-state index in [0.29, 0.717) is 24.6 Å². The van der Waals surface area contributed by atoms with Crippen LogP contribution in [0.5, 0.6) is 0 Å². The third-order valence-corrected chi connectivity index (χ3v) is 5.46. The molecule has 2 aromatic rings. The number of hydrogen-bond donors (Lipinski definition) is 3. The highest BCUT2D eigenvalue weighted by atomic mass is 16.5. The number of carbonyl (C=O) groups is 3. The van der Waals surface area contributed by atoms with Crippen molar-refractivity contribution in [3.8, 4) is 0 Å². The first-order chi connectivity index (χ1) is 16.0. The highest BCUT2D eigenvalue weighted by Gasteiger charge is 2.21. The average Bonchev–Trinajstić information content (AvgIpc) is 2.85. The van der Waals surface area contributed by atoms with Crippen LogP contribution in [0.4, 0.5) is 4.79 Å². The lowest BCUT2D eigenvalue weighted by atomic mass is 9.98. The molecule has 2 aromatic carbocycles. The van der Waals surface area contributed by atoms with Gasteiger partial charge >= 0.3 is 6.03 Å². The summed E-state index contributed by atoms with van der Waals surface area (Å²) in [7, 11) is 0. The summed E-state index contributed by atoms with van der Waals surface area (Å²) in [5, 5.41) is 11.1. The van der Waals surface area contributed by atoms with Crippen LogP contribution in [-0.4, -0.2) is 34.5 Å². The van der Waals surface area contributed by atoms with Gasteiger partial charge in [-0.05, 0) is 41.7 Å². The van der Waals surface area contributed by atoms with Crippen molar-refractivity contribution in [2.24, 2.45) is 5.92 Å². The monoisotopic (exact) mass is 451 g/mol. The van der Waals surface area contributed by atoms with Gasteiger partial charge in [-0.15, -0.1) is 0 Å². The first kappa shape index (κ1) is 25.8. The minimum Gasteiger partial charge on any atom is -0.320 e. The average molecular weight is 452 g/mol. The van der Waals surface area contributed by atoms with Crippen molar-refractivity contribution < 1.29 is 19.6 Å². The van der Waals surface area contributed by atoms with Crippen LogP contribution in [0.1, 0.15) is 61.0 Å². The van der Waals surface area contributed by atoms with E-state index in [-0.39, 0.29) is 0 Å². The minimum atomic E-state index is -0.609. The van der Waals surface area contributed by atoms with Crippen molar-refractivity contribution in [3.63, 3.8) is 0 Å². The van der Waals surface area contributed by atoms with Crippen molar-refractivity contribution >= 4 is 23.9 Å². The van der Waals surface area contributed by atoms with Crippen molar-refractivity contribution in [2.75, 3.05) is 6.54 Å². The molecule has 0 fully saturated rings. The predicted octanol–water partition coefficient (Wildman–Crippen LogP) is 4.77. The zero-order valence-corrected chi connectivity index (χ0v) is 19.3. The number of carbonyl (C=O) groups excluding carboxylic acids is 3. The number of hydroxylamine groups is 1. The topological polar surface area (TPSA) is 98.7 Å². The lowest BCUT2D eigenvalue weighted by Gasteiger charge is -2.27. The number of rotatable bonds is 11. The van der Waals surface area contributed by atoms with Gasteiger partial charge in [0.15, 0.2) is 0 Å². The number of hydrogen-bond acceptors (Lipinski definition) is 4. The summed E-state index contributed by atoms with van der Waals surface area (Å²) in [4.78, 5) is 38.4. The van der Waals surface area contributed by atoms with Crippen LogP contribution in [0.25, 0.3) is 6.08 Å². The van der Waals surface area contributed by atoms with E-state index < -0.39 is 17.8 Å². The van der Waals surface area contributed by atoms with E-state index in [0.717, 1.165) is 36.8 Å². The van der Waals surface area contributed by atoms with Gasteiger partial charge in [-0.3, -0.25) is 20.1 Å². The molecule has 0 aromatic heterocycles. The third kappa shape index (κ3) is 8.90. The van der Waals surface area contributed by atoms with Crippen LogP contribution in [0, 0.1) is 5.92 Å². The summed E-state index contributed by atoms with van der Waals surface area (Å²) < 4.78 is 0. The largest absolute Gasteiger partial charge is 0.324 e. The number of nitrogens with one attached hydrogen (secondary N) is 2. The fraction of sp³-hybridized carbons (Fsp3) is 0.346. The van der Waals surface area contributed by atoms with Crippen LogP contribution in [0.15, 0.2) is 60.7 Å². The fourth-order valence-electron chi connectivity index (χ4n) is 3.45. The molecule has 0 spiro atoms. The van der Waals surface area contributed by atoms with Gasteiger partial charge in [-0.2, -0.15) is 0 Å². The third-order valence-electron chi connectivity index (χ3n) is 5.46. The van der Waals surface area contributed by atoms with Gasteiger partial charge in [0.25, 0.3) is 11.8 Å². The standard InChI is InChI=1S/C26H33N3O4/c1-3-5-9-20(4-2)18-29(26(32)27-25(31)23-10-7-6-8-11-23)19-22-14-12-21(13-15-22)16-17-24(30)28-33/h6-8,10-17,20,33H,3-5,9,18-19H2,1-2H3,(H,28,30)(H,27,31,32)/b17-16+. The lowest BCUT2D eigenvalue weighted by Crippen LogP contribution is -2.44. The summed E-state index contributed by atoms with van der Waals surface area (Å²) in [5.74, 6) is -0.681. The zero-order chi connectivity index (χ0) is 24.1. The second kappa shape index (κ2) is 13.9. The highest BCUT2D eigenvalue weighted by molar-refractivity contribution is 6.04. The predicted molar refractivity (Wildman–Crippen MR) is 128 cm³/mol. The van der Waals surface area contributed by atoms with Gasteiger partial charge in [-0.25, -0.2) is 10.3 Å². The maximum atomic E-state index is 13.0. The Morgan fingerprint density at radius 3 is 2.33 bits per heavy atom. The summed E-state index contributed by atoms with van der Waals surface area (Å²) >= 11 is 0. The number of nitrogens with zero attached hydrogens (tertiary/aromatic N) is 1. The summed E-state index contributed by atoms with van der Waals surface area (Å²) in [5.41, 5.74) is 3.68. The minimum absolute atomic E-state index is 0.349. The summed E-state index contributed by atoms with van der Waals surface area (Å²) in [6.45, 7) is 5.19. The highest BCUT2D eigenvalue weighted by Crippen LogP contribution is 2.17. The van der Waals surface area contributed by atoms with E-state index in [9.17, 15) is 14.4 Å². The van der Waals surface area contributed by atoms with E-state index in [4.69, 9.17) is 5.21 Å². The van der Waals surface area contributed by atoms with Crippen LogP contribution in [0.2, 0.25) is 0 Å². The molecule has 0 aliphatic carbocycles. The summed E-state index contributed by atoms with van der Waals surface area (Å²) in [6.07, 6.45) is 6.98. The smallest absolute Gasteiger partial charge is 0.320 e. The second-order valence-corrected chi connectivity index (χ2v) is 7.97. The number of amides is 4. The molecule has 0 heterocycles. The Balaban J connectivity index is 2.14. The number of unbranched alkanes of at least 4 members (excludes halogenated alkanes) is 1. The van der Waals surface area contributed by atoms with Crippen molar-refractivity contribution in [3.05, 3.63) is 77.4 Å². The van der Waals surface area contributed by atoms with E-state index in [2.05, 4.69) is 19.2 Å². The molecular weight excluding hydrogens is 418 g/mol. The van der Waals surface area contributed by atoms with Crippen molar-refractivity contribution in [2.45, 2.75) is 46.1 Å². The van der Waals surface area contributed by atoms with E-state index in [1.54, 1.807) is 40.7 Å². The van der Waals surface area contributed by atoms with Gasteiger partial charge in [0.2, 0.25) is 0 Å². The molecule has 0 saturated carbocycles. The first-order valence-corrected chi connectivity index (χ1v) is 11.3. The number of urea groups is 1. The van der Waals surface area contributed by atoms with Gasteiger partial charge in [-0.1, -0.05) is 75.6 Å². The molecule has 0 saturated heterocycles. The van der Waals surface area contributed by atoms with Crippen LogP contribution in [0.3, 0.4) is 0 Å². The quantitative estimate of drug-likeness (QED) is 0.260. The number of benzene rings is 2. The molecule has 2 rings (SSSR count). The Morgan fingerprint density at radius 1 is 1.03 bits per heavy atom. The molecule has 1 atom stereocenters. The Kier molecular flexibility index (Phi) is 10.8. The van der Waals surface area contributed by atoms with E-state index in [1.807, 2.05) is 30.3 Å². The van der Waals surface area contributed by atoms with Crippen molar-refractivity contribution in [1.29, 1.82) is 0 Å². The Bertz CT molecular complexity index is 926. The molecule has 0 aliphatic heterocycles. The molecule has 4 amide bonds. The van der Waals surface area contributed by atoms with Gasteiger partial charge in [0.05, 0.1) is 0 Å². The van der Waals surface area contributed by atoms with Gasteiger partial charge in [0, 0.05) is 24.7 Å². The van der Waals surface area contributed by atoms with Crippen LogP contribution < -0.4 is 10.8 Å². The molecule has 0 bridgehead atoms. The normalized spacial score (nSPS) is 11.7. The summed E-state index contributed by atoms with van der Waals surface area (Å²) in [6, 6.07) is 15.7. The molecule has 0 radical (unpaired) electrons. The van der Waals surface area contributed by atoms with Crippen LogP contribution >= 0.6 is 0 Å². The second-order valence-electron chi connectivity index (χ2n) is 7.97. The molecule has 33 heavy (non-hydrogen) atoms. The maximum absolute atomic E-state index is 13.0. The molecule has 7 nitrogen and oxygen atoms in total. The van der Waals surface area contributed by atoms with E-state index in [1.165, 1.54) is 6.08 Å². The van der Waals surface area contributed by atoms with Gasteiger partial charge < -0.3 is 4.90 Å². The molecule has 0 aliphatic rings. The number of imide groups is 1. The molecule has 176 valence electrons. The van der Waals surface area contributed by atoms with Crippen LogP contribution in [-0.2, 0) is 11.3 Å². The first-order valence-electron chi connectivity index (χ1n) is 11.3. The Morgan fingerprint density at radius 2 is 1.73 bits per heavy atom. The molecular formula is C26H33N3O4. The Labute approximate surface area is 195 Å². The molecule has 1 unspecified atom stereocenters. The SMILES string of the molecule is CCCCC(CC)CN(Cc1ccc(/C=C/C(=O)NO)cc1)C(=O)NC(=O)c1ccccc1. The zero-order valence-electron chi connectivity index (χ0n) is 19.3.